The molecule has 0 spiro atoms. The molecule has 0 aliphatic carbocycles. The van der Waals surface area contributed by atoms with Crippen LogP contribution in [-0.4, -0.2) is 37.6 Å². The number of H-pyrrole nitrogens is 1. The van der Waals surface area contributed by atoms with Gasteiger partial charge in [-0.3, -0.25) is 9.59 Å². The van der Waals surface area contributed by atoms with E-state index < -0.39 is 0 Å². The fourth-order valence-corrected chi connectivity index (χ4v) is 2.56. The van der Waals surface area contributed by atoms with Crippen LogP contribution in [0.25, 0.3) is 10.9 Å². The van der Waals surface area contributed by atoms with Crippen molar-refractivity contribution in [2.75, 3.05) is 26.1 Å². The summed E-state index contributed by atoms with van der Waals surface area (Å²) in [6.07, 6.45) is 0. The normalized spacial score (nSPS) is 10.4. The van der Waals surface area contributed by atoms with E-state index in [1.165, 1.54) is 14.2 Å². The summed E-state index contributed by atoms with van der Waals surface area (Å²) in [5.74, 6) is 0.360. The van der Waals surface area contributed by atoms with Crippen LogP contribution in [0.4, 0.5) is 5.69 Å². The standard InChI is InChI=1S/C19H19N3O4/c1-25-13-7-8-17(26-2)15(10-13)22-18(23)11-20-19(24)16-9-12-5-3-4-6-14(12)21-16/h3-10,21H,11H2,1-2H3,(H,20,24)(H,22,23). The van der Waals surface area contributed by atoms with Gasteiger partial charge >= 0.3 is 0 Å². The second kappa shape index (κ2) is 7.60. The van der Waals surface area contributed by atoms with E-state index >= 15 is 0 Å². The van der Waals surface area contributed by atoms with Gasteiger partial charge in [-0.15, -0.1) is 0 Å². The topological polar surface area (TPSA) is 92.4 Å². The fraction of sp³-hybridized carbons (Fsp3) is 0.158. The Hall–Kier alpha value is -3.48. The lowest BCUT2D eigenvalue weighted by Gasteiger charge is -2.12. The number of hydrogen-bond acceptors (Lipinski definition) is 4. The molecule has 3 rings (SSSR count). The minimum atomic E-state index is -0.374. The summed E-state index contributed by atoms with van der Waals surface area (Å²) in [4.78, 5) is 27.4. The lowest BCUT2D eigenvalue weighted by Crippen LogP contribution is -2.33. The van der Waals surface area contributed by atoms with Crippen LogP contribution in [0.15, 0.2) is 48.5 Å². The van der Waals surface area contributed by atoms with Gasteiger partial charge in [-0.1, -0.05) is 18.2 Å². The van der Waals surface area contributed by atoms with Gasteiger partial charge in [0.15, 0.2) is 0 Å². The van der Waals surface area contributed by atoms with Crippen molar-refractivity contribution in [3.05, 3.63) is 54.2 Å². The first-order chi connectivity index (χ1) is 12.6. The van der Waals surface area contributed by atoms with Crippen molar-refractivity contribution >= 4 is 28.4 Å². The van der Waals surface area contributed by atoms with E-state index in [0.717, 1.165) is 10.9 Å². The first-order valence-electron chi connectivity index (χ1n) is 7.98. The van der Waals surface area contributed by atoms with Crippen molar-refractivity contribution in [2.45, 2.75) is 0 Å². The molecular weight excluding hydrogens is 334 g/mol. The maximum absolute atomic E-state index is 12.2. The number of carbonyl (C=O) groups is 2. The molecule has 0 unspecified atom stereocenters. The smallest absolute Gasteiger partial charge is 0.268 e. The number of rotatable bonds is 6. The van der Waals surface area contributed by atoms with Gasteiger partial charge < -0.3 is 25.1 Å². The van der Waals surface area contributed by atoms with Crippen molar-refractivity contribution in [3.63, 3.8) is 0 Å². The summed E-state index contributed by atoms with van der Waals surface area (Å²) >= 11 is 0. The van der Waals surface area contributed by atoms with E-state index in [9.17, 15) is 9.59 Å². The Morgan fingerprint density at radius 2 is 1.85 bits per heavy atom. The third-order valence-electron chi connectivity index (χ3n) is 3.86. The van der Waals surface area contributed by atoms with Crippen LogP contribution in [0.3, 0.4) is 0 Å². The molecule has 0 bridgehead atoms. The highest BCUT2D eigenvalue weighted by Crippen LogP contribution is 2.28. The van der Waals surface area contributed by atoms with Gasteiger partial charge in [-0.25, -0.2) is 0 Å². The first kappa shape index (κ1) is 17.3. The number of para-hydroxylation sites is 1. The van der Waals surface area contributed by atoms with Crippen LogP contribution in [0, 0.1) is 0 Å². The number of aromatic nitrogens is 1. The lowest BCUT2D eigenvalue weighted by atomic mass is 10.2. The number of hydrogen-bond donors (Lipinski definition) is 3. The molecule has 3 N–H and O–H groups in total. The Morgan fingerprint density at radius 3 is 2.58 bits per heavy atom. The van der Waals surface area contributed by atoms with Crippen LogP contribution in [0.1, 0.15) is 10.5 Å². The Kier molecular flexibility index (Phi) is 5.07. The molecule has 7 nitrogen and oxygen atoms in total. The molecule has 134 valence electrons. The third kappa shape index (κ3) is 3.77. The van der Waals surface area contributed by atoms with Gasteiger partial charge in [0.05, 0.1) is 26.5 Å². The first-order valence-corrected chi connectivity index (χ1v) is 7.98. The monoisotopic (exact) mass is 353 g/mol. The molecule has 2 aromatic carbocycles. The average molecular weight is 353 g/mol. The van der Waals surface area contributed by atoms with E-state index in [2.05, 4.69) is 15.6 Å². The molecule has 0 radical (unpaired) electrons. The number of aromatic amines is 1. The van der Waals surface area contributed by atoms with Gasteiger partial charge in [0.2, 0.25) is 5.91 Å². The second-order valence-electron chi connectivity index (χ2n) is 5.57. The zero-order chi connectivity index (χ0) is 18.5. The fourth-order valence-electron chi connectivity index (χ4n) is 2.56. The summed E-state index contributed by atoms with van der Waals surface area (Å²) < 4.78 is 10.4. The molecule has 0 aliphatic heterocycles. The molecule has 7 heteroatoms. The number of anilines is 1. The zero-order valence-electron chi connectivity index (χ0n) is 14.5. The van der Waals surface area contributed by atoms with E-state index in [4.69, 9.17) is 9.47 Å². The maximum atomic E-state index is 12.2. The number of nitrogens with one attached hydrogen (secondary N) is 3. The van der Waals surface area contributed by atoms with Crippen molar-refractivity contribution in [1.29, 1.82) is 0 Å². The second-order valence-corrected chi connectivity index (χ2v) is 5.57. The molecule has 3 aromatic rings. The predicted molar refractivity (Wildman–Crippen MR) is 98.8 cm³/mol. The molecule has 0 saturated heterocycles. The third-order valence-corrected chi connectivity index (χ3v) is 3.86. The van der Waals surface area contributed by atoms with E-state index in [-0.39, 0.29) is 18.4 Å². The maximum Gasteiger partial charge on any atom is 0.268 e. The molecular formula is C19H19N3O4. The van der Waals surface area contributed by atoms with Crippen LogP contribution in [-0.2, 0) is 4.79 Å². The summed E-state index contributed by atoms with van der Waals surface area (Å²) in [5, 5.41) is 6.23. The molecule has 0 aliphatic rings. The van der Waals surface area contributed by atoms with Gasteiger partial charge in [-0.05, 0) is 24.3 Å². The molecule has 1 heterocycles. The average Bonchev–Trinajstić information content (AvgIpc) is 3.10. The number of ether oxygens (including phenoxy) is 2. The Bertz CT molecular complexity index is 916. The number of methoxy groups -OCH3 is 2. The molecule has 26 heavy (non-hydrogen) atoms. The van der Waals surface area contributed by atoms with Crippen molar-refractivity contribution in [3.8, 4) is 11.5 Å². The molecule has 2 amide bonds. The molecule has 0 atom stereocenters. The van der Waals surface area contributed by atoms with Crippen LogP contribution >= 0.6 is 0 Å². The van der Waals surface area contributed by atoms with Crippen molar-refractivity contribution in [2.24, 2.45) is 0 Å². The van der Waals surface area contributed by atoms with Crippen LogP contribution in [0.5, 0.6) is 11.5 Å². The predicted octanol–water partition coefficient (Wildman–Crippen LogP) is 2.55. The lowest BCUT2D eigenvalue weighted by molar-refractivity contribution is -0.115. The zero-order valence-corrected chi connectivity index (χ0v) is 14.5. The molecule has 0 saturated carbocycles. The minimum absolute atomic E-state index is 0.172. The van der Waals surface area contributed by atoms with E-state index in [1.807, 2.05) is 24.3 Å². The summed E-state index contributed by atoms with van der Waals surface area (Å²) in [6, 6.07) is 14.4. The number of fused-ring (bicyclic) bond motifs is 1. The number of carbonyl (C=O) groups excluding carboxylic acids is 2. The van der Waals surface area contributed by atoms with E-state index in [1.54, 1.807) is 24.3 Å². The Balaban J connectivity index is 1.62. The molecule has 0 fully saturated rings. The largest absolute Gasteiger partial charge is 0.497 e. The SMILES string of the molecule is COc1ccc(OC)c(NC(=O)CNC(=O)c2cc3ccccc3[nH]2)c1. The Labute approximate surface area is 150 Å². The minimum Gasteiger partial charge on any atom is -0.497 e. The van der Waals surface area contributed by atoms with Gasteiger partial charge in [0.25, 0.3) is 5.91 Å². The highest BCUT2D eigenvalue weighted by atomic mass is 16.5. The summed E-state index contributed by atoms with van der Waals surface area (Å²) in [5.41, 5.74) is 1.73. The number of amides is 2. The summed E-state index contributed by atoms with van der Waals surface area (Å²) in [7, 11) is 3.04. The van der Waals surface area contributed by atoms with Crippen molar-refractivity contribution in [1.82, 2.24) is 10.3 Å². The summed E-state index contributed by atoms with van der Waals surface area (Å²) in [6.45, 7) is -0.172. The quantitative estimate of drug-likeness (QED) is 0.635. The molecule has 1 aromatic heterocycles. The van der Waals surface area contributed by atoms with Gasteiger partial charge in [-0.2, -0.15) is 0 Å². The van der Waals surface area contributed by atoms with Gasteiger partial charge in [0, 0.05) is 17.0 Å². The highest BCUT2D eigenvalue weighted by Gasteiger charge is 2.13. The Morgan fingerprint density at radius 1 is 1.04 bits per heavy atom. The van der Waals surface area contributed by atoms with Crippen molar-refractivity contribution < 1.29 is 19.1 Å². The van der Waals surface area contributed by atoms with Gasteiger partial charge in [0.1, 0.15) is 17.2 Å². The highest BCUT2D eigenvalue weighted by molar-refractivity contribution is 6.01. The van der Waals surface area contributed by atoms with Crippen LogP contribution in [0.2, 0.25) is 0 Å². The van der Waals surface area contributed by atoms with Crippen LogP contribution < -0.4 is 20.1 Å². The van der Waals surface area contributed by atoms with E-state index in [0.29, 0.717) is 22.9 Å². The number of benzene rings is 2.